The highest BCUT2D eigenvalue weighted by Crippen LogP contribution is 2.30. The monoisotopic (exact) mass is 264 g/mol. The summed E-state index contributed by atoms with van der Waals surface area (Å²) >= 11 is 0. The quantitative estimate of drug-likeness (QED) is 0.786. The predicted molar refractivity (Wildman–Crippen MR) is 83.6 cm³/mol. The second-order valence-electron chi connectivity index (χ2n) is 4.57. The van der Waals surface area contributed by atoms with Gasteiger partial charge in [-0.2, -0.15) is 0 Å². The van der Waals surface area contributed by atoms with Crippen molar-refractivity contribution in [3.05, 3.63) is 54.9 Å². The predicted octanol–water partition coefficient (Wildman–Crippen LogP) is 3.44. The topological polar surface area (TPSA) is 41.0 Å². The molecular formula is C16H16N4. The molecule has 0 saturated heterocycles. The van der Waals surface area contributed by atoms with Crippen LogP contribution in [-0.2, 0) is 0 Å². The van der Waals surface area contributed by atoms with Crippen LogP contribution in [0.2, 0.25) is 0 Å². The molecule has 2 aromatic carbocycles. The summed E-state index contributed by atoms with van der Waals surface area (Å²) in [7, 11) is 3.87. The Morgan fingerprint density at radius 3 is 2.65 bits per heavy atom. The molecule has 20 heavy (non-hydrogen) atoms. The highest BCUT2D eigenvalue weighted by molar-refractivity contribution is 5.95. The molecule has 3 aromatic rings. The van der Waals surface area contributed by atoms with Crippen molar-refractivity contribution in [2.45, 2.75) is 0 Å². The van der Waals surface area contributed by atoms with Gasteiger partial charge >= 0.3 is 0 Å². The van der Waals surface area contributed by atoms with E-state index < -0.39 is 0 Å². The Bertz CT molecular complexity index is 734. The van der Waals surface area contributed by atoms with Gasteiger partial charge in [-0.25, -0.2) is 9.97 Å². The Kier molecular flexibility index (Phi) is 3.21. The molecule has 4 nitrogen and oxygen atoms in total. The van der Waals surface area contributed by atoms with E-state index in [0.29, 0.717) is 0 Å². The molecule has 0 spiro atoms. The first-order valence-corrected chi connectivity index (χ1v) is 6.51. The van der Waals surface area contributed by atoms with Gasteiger partial charge in [-0.3, -0.25) is 0 Å². The molecule has 0 radical (unpaired) electrons. The Balaban J connectivity index is 2.10. The standard InChI is InChI=1S/C16H16N4/c1-17-15-10-16(19-11-18-15)20(2)14-9-5-7-12-6-3-4-8-13(12)14/h3-11H,1-2H3,(H,17,18,19). The first-order chi connectivity index (χ1) is 9.79. The molecule has 4 heteroatoms. The van der Waals surface area contributed by atoms with Gasteiger partial charge in [0.1, 0.15) is 18.0 Å². The average Bonchev–Trinajstić information content (AvgIpc) is 2.53. The van der Waals surface area contributed by atoms with Crippen LogP contribution >= 0.6 is 0 Å². The third kappa shape index (κ3) is 2.16. The van der Waals surface area contributed by atoms with Crippen LogP contribution < -0.4 is 10.2 Å². The molecule has 0 fully saturated rings. The Hall–Kier alpha value is -2.62. The van der Waals surface area contributed by atoms with Crippen molar-refractivity contribution in [2.24, 2.45) is 0 Å². The van der Waals surface area contributed by atoms with Crippen molar-refractivity contribution in [1.82, 2.24) is 9.97 Å². The van der Waals surface area contributed by atoms with Gasteiger partial charge in [0.25, 0.3) is 0 Å². The van der Waals surface area contributed by atoms with Gasteiger partial charge < -0.3 is 10.2 Å². The molecule has 0 bridgehead atoms. The first-order valence-electron chi connectivity index (χ1n) is 6.51. The Labute approximate surface area is 118 Å². The van der Waals surface area contributed by atoms with Crippen molar-refractivity contribution in [3.63, 3.8) is 0 Å². The van der Waals surface area contributed by atoms with Crippen LogP contribution in [0.1, 0.15) is 0 Å². The van der Waals surface area contributed by atoms with Crippen molar-refractivity contribution >= 4 is 28.1 Å². The van der Waals surface area contributed by atoms with E-state index in [-0.39, 0.29) is 0 Å². The van der Waals surface area contributed by atoms with Crippen LogP contribution in [0.5, 0.6) is 0 Å². The normalized spacial score (nSPS) is 10.5. The van der Waals surface area contributed by atoms with E-state index in [9.17, 15) is 0 Å². The van der Waals surface area contributed by atoms with Crippen molar-refractivity contribution in [2.75, 3.05) is 24.3 Å². The molecule has 3 rings (SSSR count). The van der Waals surface area contributed by atoms with Gasteiger partial charge in [0.15, 0.2) is 0 Å². The molecule has 0 unspecified atom stereocenters. The summed E-state index contributed by atoms with van der Waals surface area (Å²) in [5, 5.41) is 5.47. The summed E-state index contributed by atoms with van der Waals surface area (Å²) < 4.78 is 0. The molecule has 0 aliphatic carbocycles. The maximum atomic E-state index is 4.35. The fourth-order valence-corrected chi connectivity index (χ4v) is 2.29. The molecule has 100 valence electrons. The zero-order chi connectivity index (χ0) is 13.9. The van der Waals surface area contributed by atoms with Crippen molar-refractivity contribution in [3.8, 4) is 0 Å². The highest BCUT2D eigenvalue weighted by Gasteiger charge is 2.09. The molecule has 1 N–H and O–H groups in total. The zero-order valence-corrected chi connectivity index (χ0v) is 11.5. The minimum Gasteiger partial charge on any atom is -0.373 e. The van der Waals surface area contributed by atoms with Gasteiger partial charge in [-0.15, -0.1) is 0 Å². The largest absolute Gasteiger partial charge is 0.373 e. The van der Waals surface area contributed by atoms with Gasteiger partial charge in [-0.05, 0) is 11.5 Å². The second-order valence-corrected chi connectivity index (χ2v) is 4.57. The van der Waals surface area contributed by atoms with Crippen LogP contribution in [-0.4, -0.2) is 24.1 Å². The minimum absolute atomic E-state index is 0.807. The van der Waals surface area contributed by atoms with Crippen LogP contribution in [0, 0.1) is 0 Å². The molecule has 0 atom stereocenters. The van der Waals surface area contributed by atoms with Gasteiger partial charge in [0, 0.05) is 31.2 Å². The third-order valence-corrected chi connectivity index (χ3v) is 3.38. The van der Waals surface area contributed by atoms with Gasteiger partial charge in [-0.1, -0.05) is 36.4 Å². The summed E-state index contributed by atoms with van der Waals surface area (Å²) in [6, 6.07) is 16.6. The number of nitrogens with one attached hydrogen (secondary N) is 1. The average molecular weight is 264 g/mol. The lowest BCUT2D eigenvalue weighted by Gasteiger charge is -2.20. The van der Waals surface area contributed by atoms with E-state index in [1.807, 2.05) is 20.2 Å². The number of benzene rings is 2. The summed E-state index contributed by atoms with van der Waals surface area (Å²) in [5.74, 6) is 1.67. The number of fused-ring (bicyclic) bond motifs is 1. The highest BCUT2D eigenvalue weighted by atomic mass is 15.2. The Morgan fingerprint density at radius 2 is 1.80 bits per heavy atom. The van der Waals surface area contributed by atoms with Crippen molar-refractivity contribution < 1.29 is 0 Å². The van der Waals surface area contributed by atoms with E-state index in [2.05, 4.69) is 62.6 Å². The van der Waals surface area contributed by atoms with Crippen LogP contribution in [0.25, 0.3) is 10.8 Å². The zero-order valence-electron chi connectivity index (χ0n) is 11.5. The summed E-state index contributed by atoms with van der Waals surface area (Å²) in [4.78, 5) is 10.6. The molecule has 0 amide bonds. The maximum Gasteiger partial charge on any atom is 0.138 e. The lowest BCUT2D eigenvalue weighted by Crippen LogP contribution is -2.12. The van der Waals surface area contributed by atoms with Gasteiger partial charge in [0.05, 0.1) is 0 Å². The summed E-state index contributed by atoms with van der Waals surface area (Å²) in [6.45, 7) is 0. The third-order valence-electron chi connectivity index (χ3n) is 3.38. The lowest BCUT2D eigenvalue weighted by atomic mass is 10.1. The van der Waals surface area contributed by atoms with E-state index in [1.54, 1.807) is 6.33 Å². The van der Waals surface area contributed by atoms with Crippen LogP contribution in [0.4, 0.5) is 17.3 Å². The van der Waals surface area contributed by atoms with Gasteiger partial charge in [0.2, 0.25) is 0 Å². The van der Waals surface area contributed by atoms with Crippen LogP contribution in [0.3, 0.4) is 0 Å². The molecule has 0 aliphatic rings. The summed E-state index contributed by atoms with van der Waals surface area (Å²) in [5.41, 5.74) is 1.13. The molecule has 0 aliphatic heterocycles. The van der Waals surface area contributed by atoms with E-state index in [0.717, 1.165) is 17.3 Å². The molecule has 0 saturated carbocycles. The number of anilines is 3. The maximum absolute atomic E-state index is 4.35. The molecule has 1 aromatic heterocycles. The fraction of sp³-hybridized carbons (Fsp3) is 0.125. The summed E-state index contributed by atoms with van der Waals surface area (Å²) in [6.07, 6.45) is 1.57. The van der Waals surface area contributed by atoms with E-state index >= 15 is 0 Å². The Morgan fingerprint density at radius 1 is 1.00 bits per heavy atom. The molecule has 1 heterocycles. The number of rotatable bonds is 3. The van der Waals surface area contributed by atoms with Crippen LogP contribution in [0.15, 0.2) is 54.9 Å². The molecular weight excluding hydrogens is 248 g/mol. The number of nitrogens with zero attached hydrogens (tertiary/aromatic N) is 3. The smallest absolute Gasteiger partial charge is 0.138 e. The minimum atomic E-state index is 0.807. The first kappa shape index (κ1) is 12.4. The van der Waals surface area contributed by atoms with E-state index in [1.165, 1.54) is 10.8 Å². The SMILES string of the molecule is CNc1cc(N(C)c2cccc3ccccc23)ncn1. The number of hydrogen-bond donors (Lipinski definition) is 1. The number of aromatic nitrogens is 2. The lowest BCUT2D eigenvalue weighted by molar-refractivity contribution is 1.08. The second kappa shape index (κ2) is 5.17. The fourth-order valence-electron chi connectivity index (χ4n) is 2.29. The van der Waals surface area contributed by atoms with E-state index in [4.69, 9.17) is 0 Å². The number of hydrogen-bond acceptors (Lipinski definition) is 4. The van der Waals surface area contributed by atoms with Crippen molar-refractivity contribution in [1.29, 1.82) is 0 Å².